The molecule has 0 aliphatic heterocycles. The van der Waals surface area contributed by atoms with Crippen LogP contribution in [0.25, 0.3) is 10.4 Å². The predicted octanol–water partition coefficient (Wildman–Crippen LogP) is 3.67. The molecule has 0 aliphatic rings. The first-order chi connectivity index (χ1) is 8.47. The minimum Gasteiger partial charge on any atom is -0.478 e. The number of hydrogen-bond acceptors (Lipinski definition) is 4. The minimum absolute atomic E-state index is 0.122. The third-order valence-corrected chi connectivity index (χ3v) is 3.51. The number of nitrogens with zero attached hydrogens (tertiary/aromatic N) is 1. The smallest absolute Gasteiger partial charge is 0.335 e. The zero-order valence-electron chi connectivity index (χ0n) is 8.79. The number of nitro groups is 1. The molecule has 0 radical (unpaired) electrons. The number of hydrogen-bond donors (Lipinski definition) is 1. The Balaban J connectivity index is 2.60. The number of rotatable bonds is 3. The summed E-state index contributed by atoms with van der Waals surface area (Å²) in [4.78, 5) is 21.7. The Morgan fingerprint density at radius 2 is 2.06 bits per heavy atom. The lowest BCUT2D eigenvalue weighted by atomic mass is 10.1. The van der Waals surface area contributed by atoms with Gasteiger partial charge >= 0.3 is 5.97 Å². The zero-order valence-corrected chi connectivity index (χ0v) is 10.4. The van der Waals surface area contributed by atoms with E-state index in [1.807, 2.05) is 0 Å². The summed E-state index contributed by atoms with van der Waals surface area (Å²) in [5.74, 6) is -1.21. The molecule has 0 atom stereocenters. The highest BCUT2D eigenvalue weighted by Crippen LogP contribution is 2.33. The van der Waals surface area contributed by atoms with Crippen molar-refractivity contribution in [3.63, 3.8) is 0 Å². The van der Waals surface area contributed by atoms with Gasteiger partial charge in [-0.2, -0.15) is 0 Å². The van der Waals surface area contributed by atoms with Crippen molar-refractivity contribution in [3.05, 3.63) is 50.3 Å². The van der Waals surface area contributed by atoms with Crippen molar-refractivity contribution in [1.82, 2.24) is 0 Å². The molecule has 0 bridgehead atoms. The predicted molar refractivity (Wildman–Crippen MR) is 68.4 cm³/mol. The van der Waals surface area contributed by atoms with Crippen LogP contribution in [0.1, 0.15) is 10.4 Å². The van der Waals surface area contributed by atoms with Gasteiger partial charge in [-0.3, -0.25) is 10.1 Å². The monoisotopic (exact) mass is 283 g/mol. The number of thiophene rings is 1. The van der Waals surface area contributed by atoms with Crippen LogP contribution < -0.4 is 0 Å². The first-order valence-electron chi connectivity index (χ1n) is 4.76. The Morgan fingerprint density at radius 1 is 1.33 bits per heavy atom. The average molecular weight is 284 g/mol. The fraction of sp³-hybridized carbons (Fsp3) is 0. The van der Waals surface area contributed by atoms with Crippen molar-refractivity contribution in [2.45, 2.75) is 0 Å². The summed E-state index contributed by atoms with van der Waals surface area (Å²) in [5, 5.41) is 19.7. The fourth-order valence-corrected chi connectivity index (χ4v) is 2.48. The molecular formula is C11H6ClNO4S. The standard InChI is InChI=1S/C11H6ClNO4S/c12-10-2-1-9(18-10)6-3-7(11(14)15)5-8(4-6)13(16)17/h1-5H,(H,14,15). The van der Waals surface area contributed by atoms with Gasteiger partial charge in [-0.05, 0) is 23.8 Å². The van der Waals surface area contributed by atoms with Gasteiger partial charge in [0.05, 0.1) is 14.8 Å². The number of carboxylic acid groups (broad SMARTS) is 1. The summed E-state index contributed by atoms with van der Waals surface area (Å²) < 4.78 is 0.536. The molecule has 7 heteroatoms. The van der Waals surface area contributed by atoms with E-state index in [-0.39, 0.29) is 11.3 Å². The van der Waals surface area contributed by atoms with Gasteiger partial charge in [-0.15, -0.1) is 11.3 Å². The number of aromatic carboxylic acids is 1. The second-order valence-corrected chi connectivity index (χ2v) is 5.15. The number of nitro benzene ring substituents is 1. The van der Waals surface area contributed by atoms with E-state index in [0.29, 0.717) is 14.8 Å². The van der Waals surface area contributed by atoms with Gasteiger partial charge < -0.3 is 5.11 Å². The average Bonchev–Trinajstić information content (AvgIpc) is 2.75. The highest BCUT2D eigenvalue weighted by molar-refractivity contribution is 7.19. The molecule has 5 nitrogen and oxygen atoms in total. The van der Waals surface area contributed by atoms with Crippen molar-refractivity contribution >= 4 is 34.6 Å². The second kappa shape index (κ2) is 4.75. The van der Waals surface area contributed by atoms with E-state index in [0.717, 1.165) is 6.07 Å². The summed E-state index contributed by atoms with van der Waals surface area (Å²) >= 11 is 7.01. The van der Waals surface area contributed by atoms with Crippen molar-refractivity contribution in [3.8, 4) is 10.4 Å². The highest BCUT2D eigenvalue weighted by atomic mass is 35.5. The molecule has 0 saturated carbocycles. The van der Waals surface area contributed by atoms with Crippen molar-refractivity contribution < 1.29 is 14.8 Å². The summed E-state index contributed by atoms with van der Waals surface area (Å²) in [6.45, 7) is 0. The Bertz CT molecular complexity index is 605. The third-order valence-electron chi connectivity index (χ3n) is 2.23. The Labute approximate surface area is 110 Å². The molecule has 0 fully saturated rings. The van der Waals surface area contributed by atoms with Crippen LogP contribution in [0.5, 0.6) is 0 Å². The van der Waals surface area contributed by atoms with Gasteiger partial charge in [0.25, 0.3) is 5.69 Å². The molecule has 0 amide bonds. The van der Waals surface area contributed by atoms with Gasteiger partial charge in [-0.1, -0.05) is 11.6 Å². The molecule has 1 heterocycles. The number of non-ortho nitro benzene ring substituents is 1. The normalized spacial score (nSPS) is 10.3. The van der Waals surface area contributed by atoms with Gasteiger partial charge in [-0.25, -0.2) is 4.79 Å². The van der Waals surface area contributed by atoms with Gasteiger partial charge in [0.1, 0.15) is 0 Å². The molecular weight excluding hydrogens is 278 g/mol. The Morgan fingerprint density at radius 3 is 2.56 bits per heavy atom. The fourth-order valence-electron chi connectivity index (χ4n) is 1.45. The zero-order chi connectivity index (χ0) is 13.3. The van der Waals surface area contributed by atoms with Crippen LogP contribution >= 0.6 is 22.9 Å². The Kier molecular flexibility index (Phi) is 3.31. The first-order valence-corrected chi connectivity index (χ1v) is 5.95. The topological polar surface area (TPSA) is 80.4 Å². The van der Waals surface area contributed by atoms with Crippen molar-refractivity contribution in [2.75, 3.05) is 0 Å². The quantitative estimate of drug-likeness (QED) is 0.688. The van der Waals surface area contributed by atoms with E-state index in [4.69, 9.17) is 16.7 Å². The number of carbonyl (C=O) groups is 1. The summed E-state index contributed by atoms with van der Waals surface area (Å²) in [6, 6.07) is 7.09. The largest absolute Gasteiger partial charge is 0.478 e. The highest BCUT2D eigenvalue weighted by Gasteiger charge is 2.15. The van der Waals surface area contributed by atoms with E-state index in [2.05, 4.69) is 0 Å². The summed E-state index contributed by atoms with van der Waals surface area (Å²) in [7, 11) is 0. The molecule has 0 unspecified atom stereocenters. The number of benzene rings is 1. The SMILES string of the molecule is O=C(O)c1cc(-c2ccc(Cl)s2)cc([N+](=O)[O-])c1. The summed E-state index contributed by atoms with van der Waals surface area (Å²) in [5.41, 5.74) is 0.0941. The van der Waals surface area contributed by atoms with Crippen LogP contribution in [0.2, 0.25) is 4.34 Å². The molecule has 0 aliphatic carbocycles. The van der Waals surface area contributed by atoms with Gasteiger partial charge in [0, 0.05) is 17.0 Å². The van der Waals surface area contributed by atoms with Crippen LogP contribution in [-0.4, -0.2) is 16.0 Å². The van der Waals surface area contributed by atoms with Crippen LogP contribution in [0.15, 0.2) is 30.3 Å². The molecule has 2 aromatic rings. The van der Waals surface area contributed by atoms with E-state index >= 15 is 0 Å². The number of carboxylic acids is 1. The molecule has 1 N–H and O–H groups in total. The van der Waals surface area contributed by atoms with E-state index in [9.17, 15) is 14.9 Å². The van der Waals surface area contributed by atoms with E-state index < -0.39 is 10.9 Å². The summed E-state index contributed by atoms with van der Waals surface area (Å²) in [6.07, 6.45) is 0. The van der Waals surface area contributed by atoms with Crippen molar-refractivity contribution in [2.24, 2.45) is 0 Å². The third kappa shape index (κ3) is 2.49. The second-order valence-electron chi connectivity index (χ2n) is 3.43. The lowest BCUT2D eigenvalue weighted by Crippen LogP contribution is -1.98. The maximum Gasteiger partial charge on any atom is 0.335 e. The molecule has 0 spiro atoms. The van der Waals surface area contributed by atoms with Crippen LogP contribution in [0.3, 0.4) is 0 Å². The van der Waals surface area contributed by atoms with E-state index in [1.165, 1.54) is 23.5 Å². The molecule has 1 aromatic carbocycles. The molecule has 0 saturated heterocycles. The minimum atomic E-state index is -1.21. The van der Waals surface area contributed by atoms with E-state index in [1.54, 1.807) is 12.1 Å². The lowest BCUT2D eigenvalue weighted by Gasteiger charge is -2.01. The molecule has 1 aromatic heterocycles. The maximum absolute atomic E-state index is 10.9. The van der Waals surface area contributed by atoms with Crippen molar-refractivity contribution in [1.29, 1.82) is 0 Å². The molecule has 92 valence electrons. The van der Waals surface area contributed by atoms with Crippen LogP contribution in [0, 0.1) is 10.1 Å². The first kappa shape index (κ1) is 12.5. The maximum atomic E-state index is 10.9. The molecule has 18 heavy (non-hydrogen) atoms. The van der Waals surface area contributed by atoms with Gasteiger partial charge in [0.2, 0.25) is 0 Å². The Hall–Kier alpha value is -1.92. The van der Waals surface area contributed by atoms with Gasteiger partial charge in [0.15, 0.2) is 0 Å². The molecule has 2 rings (SSSR count). The van der Waals surface area contributed by atoms with Crippen LogP contribution in [-0.2, 0) is 0 Å². The lowest BCUT2D eigenvalue weighted by molar-refractivity contribution is -0.384. The van der Waals surface area contributed by atoms with Crippen LogP contribution in [0.4, 0.5) is 5.69 Å². The number of halogens is 1.